The fourth-order valence-electron chi connectivity index (χ4n) is 3.48. The molecule has 1 aliphatic heterocycles. The summed E-state index contributed by atoms with van der Waals surface area (Å²) in [6.07, 6.45) is 3.19. The van der Waals surface area contributed by atoms with Gasteiger partial charge in [0.25, 0.3) is 0 Å². The van der Waals surface area contributed by atoms with E-state index >= 15 is 0 Å². The SMILES string of the molecule is O=C(CCC(=O)N1N=C(c2ccc(Cl)cc2)CC1c1ccc2nccnc2c1)NS(=O)[O-]. The fourth-order valence-corrected chi connectivity index (χ4v) is 3.90. The minimum absolute atomic E-state index is 0.190. The largest absolute Gasteiger partial charge is 0.755 e. The van der Waals surface area contributed by atoms with Gasteiger partial charge in [-0.25, -0.2) is 5.01 Å². The van der Waals surface area contributed by atoms with Crippen LogP contribution in [0.2, 0.25) is 5.02 Å². The summed E-state index contributed by atoms with van der Waals surface area (Å²) in [5, 5.41) is 6.47. The standard InChI is InChI=1S/C21H18ClN5O4S/c22-15-4-1-13(2-5-15)17-12-19(14-3-6-16-18(11-14)24-10-9-23-16)27(25-17)21(29)8-7-20(28)26-32(30)31/h1-6,9-11,19H,7-8,12H2,(H,26,28)(H,30,31)/p-1. The molecule has 0 bridgehead atoms. The quantitative estimate of drug-likeness (QED) is 0.551. The molecule has 9 nitrogen and oxygen atoms in total. The number of carbonyl (C=O) groups excluding carboxylic acids is 2. The maximum Gasteiger partial charge on any atom is 0.243 e. The Morgan fingerprint density at radius 2 is 1.81 bits per heavy atom. The van der Waals surface area contributed by atoms with Crippen molar-refractivity contribution in [1.82, 2.24) is 19.7 Å². The summed E-state index contributed by atoms with van der Waals surface area (Å²) in [4.78, 5) is 33.2. The molecule has 2 amide bonds. The first kappa shape index (κ1) is 22.0. The summed E-state index contributed by atoms with van der Waals surface area (Å²) in [7, 11) is 0. The second-order valence-electron chi connectivity index (χ2n) is 7.08. The van der Waals surface area contributed by atoms with Gasteiger partial charge in [0.1, 0.15) is 0 Å². The third kappa shape index (κ3) is 4.98. The summed E-state index contributed by atoms with van der Waals surface area (Å²) < 4.78 is 23.0. The van der Waals surface area contributed by atoms with Crippen LogP contribution in [0.25, 0.3) is 11.0 Å². The van der Waals surface area contributed by atoms with Crippen molar-refractivity contribution in [3.05, 3.63) is 71.0 Å². The molecule has 1 aliphatic rings. The number of nitrogens with zero attached hydrogens (tertiary/aromatic N) is 4. The smallest absolute Gasteiger partial charge is 0.243 e. The Bertz CT molecular complexity index is 1230. The van der Waals surface area contributed by atoms with Crippen LogP contribution in [0, 0.1) is 0 Å². The lowest BCUT2D eigenvalue weighted by atomic mass is 9.98. The van der Waals surface area contributed by atoms with Gasteiger partial charge in [-0.05, 0) is 35.4 Å². The number of halogens is 1. The Morgan fingerprint density at radius 1 is 1.09 bits per heavy atom. The molecule has 3 aromatic rings. The van der Waals surface area contributed by atoms with Crippen LogP contribution in [-0.4, -0.2) is 41.3 Å². The molecule has 0 fully saturated rings. The van der Waals surface area contributed by atoms with Crippen molar-refractivity contribution >= 4 is 51.4 Å². The summed E-state index contributed by atoms with van der Waals surface area (Å²) in [6, 6.07) is 12.3. The van der Waals surface area contributed by atoms with Crippen LogP contribution in [0.3, 0.4) is 0 Å². The van der Waals surface area contributed by atoms with E-state index in [2.05, 4.69) is 15.1 Å². The van der Waals surface area contributed by atoms with Crippen LogP contribution in [0.5, 0.6) is 0 Å². The first-order valence-corrected chi connectivity index (χ1v) is 11.1. The molecule has 1 aromatic heterocycles. The number of fused-ring (bicyclic) bond motifs is 1. The van der Waals surface area contributed by atoms with Crippen molar-refractivity contribution in [2.45, 2.75) is 25.3 Å². The first-order chi connectivity index (χ1) is 15.4. The molecule has 2 aromatic carbocycles. The van der Waals surface area contributed by atoms with Gasteiger partial charge < -0.3 is 4.55 Å². The van der Waals surface area contributed by atoms with Gasteiger partial charge >= 0.3 is 0 Å². The number of carbonyl (C=O) groups is 2. The van der Waals surface area contributed by atoms with E-state index in [1.807, 2.05) is 30.3 Å². The third-order valence-electron chi connectivity index (χ3n) is 4.98. The van der Waals surface area contributed by atoms with Crippen molar-refractivity contribution in [2.75, 3.05) is 0 Å². The second-order valence-corrected chi connectivity index (χ2v) is 8.19. The van der Waals surface area contributed by atoms with Crippen LogP contribution in [0.15, 0.2) is 60.0 Å². The molecule has 0 saturated carbocycles. The monoisotopic (exact) mass is 470 g/mol. The van der Waals surface area contributed by atoms with Gasteiger partial charge in [-0.3, -0.25) is 28.5 Å². The van der Waals surface area contributed by atoms with Crippen LogP contribution in [0.1, 0.15) is 36.4 Å². The zero-order chi connectivity index (χ0) is 22.7. The molecule has 0 spiro atoms. The number of rotatable bonds is 6. The molecule has 2 atom stereocenters. The van der Waals surface area contributed by atoms with E-state index in [9.17, 15) is 18.4 Å². The minimum atomic E-state index is -2.72. The van der Waals surface area contributed by atoms with Gasteiger partial charge in [-0.15, -0.1) is 0 Å². The summed E-state index contributed by atoms with van der Waals surface area (Å²) >= 11 is 3.26. The van der Waals surface area contributed by atoms with Crippen molar-refractivity contribution in [2.24, 2.45) is 5.10 Å². The Kier molecular flexibility index (Phi) is 6.54. The molecule has 0 aliphatic carbocycles. The lowest BCUT2D eigenvalue weighted by Gasteiger charge is -2.22. The lowest BCUT2D eigenvalue weighted by molar-refractivity contribution is -0.134. The van der Waals surface area contributed by atoms with Crippen molar-refractivity contribution in [1.29, 1.82) is 0 Å². The molecule has 0 radical (unpaired) electrons. The van der Waals surface area contributed by atoms with Gasteiger partial charge in [0.15, 0.2) is 0 Å². The van der Waals surface area contributed by atoms with Gasteiger partial charge in [0.05, 0.1) is 22.8 Å². The lowest BCUT2D eigenvalue weighted by Crippen LogP contribution is -2.30. The average Bonchev–Trinajstić information content (AvgIpc) is 3.23. The van der Waals surface area contributed by atoms with E-state index in [1.54, 1.807) is 29.2 Å². The van der Waals surface area contributed by atoms with Crippen molar-refractivity contribution < 1.29 is 18.4 Å². The van der Waals surface area contributed by atoms with Crippen LogP contribution in [0.4, 0.5) is 0 Å². The van der Waals surface area contributed by atoms with Crippen LogP contribution in [-0.2, 0) is 20.9 Å². The molecule has 2 unspecified atom stereocenters. The number of amides is 2. The summed E-state index contributed by atoms with van der Waals surface area (Å²) in [5.41, 5.74) is 3.77. The van der Waals surface area contributed by atoms with Gasteiger partial charge in [-0.1, -0.05) is 29.8 Å². The Morgan fingerprint density at radius 3 is 2.53 bits per heavy atom. The van der Waals surface area contributed by atoms with Crippen LogP contribution < -0.4 is 4.72 Å². The molecule has 1 N–H and O–H groups in total. The fraction of sp³-hybridized carbons (Fsp3) is 0.190. The molecule has 2 heterocycles. The number of hydrogen-bond acceptors (Lipinski definition) is 7. The van der Waals surface area contributed by atoms with Gasteiger partial charge in [0, 0.05) is 47.9 Å². The maximum absolute atomic E-state index is 12.9. The predicted molar refractivity (Wildman–Crippen MR) is 118 cm³/mol. The zero-order valence-electron chi connectivity index (χ0n) is 16.6. The number of hydrogen-bond donors (Lipinski definition) is 1. The second kappa shape index (κ2) is 9.51. The topological polar surface area (TPSA) is 128 Å². The highest BCUT2D eigenvalue weighted by atomic mass is 35.5. The highest BCUT2D eigenvalue weighted by Crippen LogP contribution is 2.34. The molecule has 164 valence electrons. The maximum atomic E-state index is 12.9. The normalized spacial score (nSPS) is 16.6. The minimum Gasteiger partial charge on any atom is -0.755 e. The summed E-state index contributed by atoms with van der Waals surface area (Å²) in [6.45, 7) is 0. The average molecular weight is 471 g/mol. The molecule has 11 heteroatoms. The summed E-state index contributed by atoms with van der Waals surface area (Å²) in [5.74, 6) is -1.16. The van der Waals surface area contributed by atoms with Crippen LogP contribution >= 0.6 is 11.6 Å². The molecule has 0 saturated heterocycles. The number of benzene rings is 2. The molecular formula is C21H17ClN5O4S-. The Balaban J connectivity index is 1.62. The molecular weight excluding hydrogens is 454 g/mol. The third-order valence-corrected chi connectivity index (χ3v) is 5.63. The van der Waals surface area contributed by atoms with Gasteiger partial charge in [-0.2, -0.15) is 5.10 Å². The molecule has 4 rings (SSSR count). The first-order valence-electron chi connectivity index (χ1n) is 9.65. The molecule has 32 heavy (non-hydrogen) atoms. The zero-order valence-corrected chi connectivity index (χ0v) is 18.2. The Labute approximate surface area is 190 Å². The number of hydrazone groups is 1. The number of nitrogens with one attached hydrogen (secondary N) is 1. The van der Waals surface area contributed by atoms with E-state index < -0.39 is 29.1 Å². The van der Waals surface area contributed by atoms with Crippen molar-refractivity contribution in [3.63, 3.8) is 0 Å². The van der Waals surface area contributed by atoms with Crippen molar-refractivity contribution in [3.8, 4) is 0 Å². The van der Waals surface area contributed by atoms with E-state index in [4.69, 9.17) is 11.6 Å². The number of aromatic nitrogens is 2. The van der Waals surface area contributed by atoms with Gasteiger partial charge in [0.2, 0.25) is 11.8 Å². The highest BCUT2D eigenvalue weighted by Gasteiger charge is 2.33. The highest BCUT2D eigenvalue weighted by molar-refractivity contribution is 7.77. The van der Waals surface area contributed by atoms with E-state index in [-0.39, 0.29) is 12.8 Å². The Hall–Kier alpha value is -3.21. The predicted octanol–water partition coefficient (Wildman–Crippen LogP) is 2.65. The van der Waals surface area contributed by atoms with E-state index in [1.165, 1.54) is 5.01 Å². The van der Waals surface area contributed by atoms with E-state index in [0.717, 1.165) is 16.6 Å². The van der Waals surface area contributed by atoms with E-state index in [0.29, 0.717) is 22.7 Å².